The second-order valence-corrected chi connectivity index (χ2v) is 9.58. The van der Waals surface area contributed by atoms with E-state index in [1.54, 1.807) is 6.07 Å². The van der Waals surface area contributed by atoms with Crippen molar-refractivity contribution in [3.8, 4) is 11.3 Å². The monoisotopic (exact) mass is 459 g/mol. The number of anilines is 1. The van der Waals surface area contributed by atoms with Gasteiger partial charge in [-0.2, -0.15) is 0 Å². The number of pyridine rings is 1. The minimum Gasteiger partial charge on any atom is -0.464 e. The Kier molecular flexibility index (Phi) is 5.57. The highest BCUT2D eigenvalue weighted by Crippen LogP contribution is 2.45. The third-order valence-electron chi connectivity index (χ3n) is 7.36. The van der Waals surface area contributed by atoms with Gasteiger partial charge in [-0.1, -0.05) is 41.6 Å². The van der Waals surface area contributed by atoms with Crippen molar-refractivity contribution in [2.45, 2.75) is 69.2 Å². The Labute approximate surface area is 199 Å². The molecule has 3 fully saturated rings. The number of methoxy groups -OCH3 is 1. The van der Waals surface area contributed by atoms with Crippen molar-refractivity contribution in [1.82, 2.24) is 10.1 Å². The lowest BCUT2D eigenvalue weighted by Gasteiger charge is -2.39. The number of carbonyl (C=O) groups is 1. The van der Waals surface area contributed by atoms with Crippen LogP contribution in [0.5, 0.6) is 0 Å². The smallest absolute Gasteiger partial charge is 0.356 e. The summed E-state index contributed by atoms with van der Waals surface area (Å²) in [7, 11) is 1.39. The predicted molar refractivity (Wildman–Crippen MR) is 127 cm³/mol. The van der Waals surface area contributed by atoms with Crippen molar-refractivity contribution < 1.29 is 18.8 Å². The van der Waals surface area contributed by atoms with Crippen LogP contribution in [0.25, 0.3) is 11.3 Å². The zero-order chi connectivity index (χ0) is 23.1. The maximum absolute atomic E-state index is 12.0. The molecule has 2 bridgehead atoms. The predicted octanol–water partition coefficient (Wildman–Crippen LogP) is 5.12. The molecule has 2 aliphatic heterocycles. The summed E-state index contributed by atoms with van der Waals surface area (Å²) in [6, 6.07) is 16.5. The van der Waals surface area contributed by atoms with Gasteiger partial charge in [0.25, 0.3) is 0 Å². The number of ether oxygens (including phenoxy) is 2. The van der Waals surface area contributed by atoms with Crippen LogP contribution in [0.4, 0.5) is 5.82 Å². The molecular formula is C27H29N3O4. The second-order valence-electron chi connectivity index (χ2n) is 9.58. The van der Waals surface area contributed by atoms with Gasteiger partial charge in [0.15, 0.2) is 5.69 Å². The molecule has 1 aromatic carbocycles. The molecule has 3 atom stereocenters. The van der Waals surface area contributed by atoms with Crippen molar-refractivity contribution in [3.05, 3.63) is 65.5 Å². The molecule has 0 radical (unpaired) electrons. The topological polar surface area (TPSA) is 77.7 Å². The Bertz CT molecular complexity index is 1160. The molecule has 6 rings (SSSR count). The maximum atomic E-state index is 12.0. The molecule has 0 amide bonds. The molecule has 3 aliphatic rings. The molecule has 0 spiro atoms. The number of esters is 1. The molecule has 7 heteroatoms. The number of aromatic nitrogens is 2. The molecule has 2 unspecified atom stereocenters. The van der Waals surface area contributed by atoms with Crippen molar-refractivity contribution in [2.75, 3.05) is 12.0 Å². The van der Waals surface area contributed by atoms with Crippen LogP contribution >= 0.6 is 0 Å². The molecule has 34 heavy (non-hydrogen) atoms. The standard InChI is InChI=1S/C27H29N3O4/c1-32-27(31)23-8-5-9-24(28-23)30-19-12-13-20(30)15-21(14-19)33-16-22-25(17-6-3-2-4-7-17)29-34-26(22)18-10-11-18/h2-9,18-21H,10-16H2,1H3/t19-,20?,21?/m0/s1. The van der Waals surface area contributed by atoms with Gasteiger partial charge in [-0.25, -0.2) is 9.78 Å². The first-order chi connectivity index (χ1) is 16.7. The first-order valence-corrected chi connectivity index (χ1v) is 12.2. The van der Waals surface area contributed by atoms with E-state index in [4.69, 9.17) is 14.0 Å². The summed E-state index contributed by atoms with van der Waals surface area (Å²) in [5.41, 5.74) is 3.44. The normalized spacial score (nSPS) is 23.8. The van der Waals surface area contributed by atoms with E-state index in [1.807, 2.05) is 30.3 Å². The molecule has 4 heterocycles. The fourth-order valence-corrected chi connectivity index (χ4v) is 5.57. The largest absolute Gasteiger partial charge is 0.464 e. The first kappa shape index (κ1) is 21.4. The van der Waals surface area contributed by atoms with E-state index in [1.165, 1.54) is 7.11 Å². The van der Waals surface area contributed by atoms with Crippen molar-refractivity contribution in [3.63, 3.8) is 0 Å². The van der Waals surface area contributed by atoms with Gasteiger partial charge in [0.2, 0.25) is 0 Å². The number of piperidine rings is 1. The Morgan fingerprint density at radius 3 is 2.50 bits per heavy atom. The number of rotatable bonds is 7. The van der Waals surface area contributed by atoms with Crippen LogP contribution in [0.1, 0.15) is 66.3 Å². The third-order valence-corrected chi connectivity index (χ3v) is 7.36. The summed E-state index contributed by atoms with van der Waals surface area (Å²) in [6.07, 6.45) is 6.64. The van der Waals surface area contributed by atoms with Crippen molar-refractivity contribution >= 4 is 11.8 Å². The zero-order valence-corrected chi connectivity index (χ0v) is 19.4. The lowest BCUT2D eigenvalue weighted by Crippen LogP contribution is -2.46. The fourth-order valence-electron chi connectivity index (χ4n) is 5.57. The van der Waals surface area contributed by atoms with Gasteiger partial charge in [-0.15, -0.1) is 0 Å². The van der Waals surface area contributed by atoms with Crippen molar-refractivity contribution in [2.24, 2.45) is 0 Å². The Hall–Kier alpha value is -3.19. The molecular weight excluding hydrogens is 430 g/mol. The maximum Gasteiger partial charge on any atom is 0.356 e. The van der Waals surface area contributed by atoms with Gasteiger partial charge in [-0.3, -0.25) is 0 Å². The van der Waals surface area contributed by atoms with E-state index < -0.39 is 5.97 Å². The van der Waals surface area contributed by atoms with E-state index in [2.05, 4.69) is 27.2 Å². The van der Waals surface area contributed by atoms with E-state index in [0.717, 1.165) is 66.9 Å². The van der Waals surface area contributed by atoms with Gasteiger partial charge in [0.1, 0.15) is 17.3 Å². The van der Waals surface area contributed by atoms with Crippen molar-refractivity contribution in [1.29, 1.82) is 0 Å². The summed E-state index contributed by atoms with van der Waals surface area (Å²) in [5.74, 6) is 1.94. The Morgan fingerprint density at radius 2 is 1.79 bits per heavy atom. The van der Waals surface area contributed by atoms with Crippen LogP contribution < -0.4 is 4.90 Å². The van der Waals surface area contributed by atoms with Crippen LogP contribution in [0.2, 0.25) is 0 Å². The molecule has 176 valence electrons. The fraction of sp³-hybridized carbons (Fsp3) is 0.444. The number of benzene rings is 1. The average Bonchev–Trinajstić information content (AvgIpc) is 3.58. The molecule has 1 saturated carbocycles. The SMILES string of the molecule is COC(=O)c1cccc(N2C3CC[C@H]2CC(OCc2c(-c4ccccc4)noc2C2CC2)C3)n1. The third kappa shape index (κ3) is 3.98. The number of hydrogen-bond donors (Lipinski definition) is 0. The minimum absolute atomic E-state index is 0.183. The highest BCUT2D eigenvalue weighted by Gasteiger charge is 2.42. The van der Waals surface area contributed by atoms with Gasteiger partial charge >= 0.3 is 5.97 Å². The number of nitrogens with zero attached hydrogens (tertiary/aromatic N) is 3. The summed E-state index contributed by atoms with van der Waals surface area (Å²) < 4.78 is 17.2. The second kappa shape index (κ2) is 8.87. The van der Waals surface area contributed by atoms with Gasteiger partial charge in [0.05, 0.1) is 19.8 Å². The summed E-state index contributed by atoms with van der Waals surface area (Å²) in [4.78, 5) is 18.9. The molecule has 2 aromatic heterocycles. The average molecular weight is 460 g/mol. The molecule has 7 nitrogen and oxygen atoms in total. The van der Waals surface area contributed by atoms with Gasteiger partial charge < -0.3 is 18.9 Å². The summed E-state index contributed by atoms with van der Waals surface area (Å²) in [5, 5.41) is 4.43. The van der Waals surface area contributed by atoms with Gasteiger partial charge in [0, 0.05) is 29.1 Å². The van der Waals surface area contributed by atoms with Crippen LogP contribution in [-0.4, -0.2) is 41.4 Å². The number of fused-ring (bicyclic) bond motifs is 2. The highest BCUT2D eigenvalue weighted by atomic mass is 16.5. The van der Waals surface area contributed by atoms with E-state index in [0.29, 0.717) is 30.3 Å². The lowest BCUT2D eigenvalue weighted by molar-refractivity contribution is 0.0145. The van der Waals surface area contributed by atoms with Crippen LogP contribution in [-0.2, 0) is 16.1 Å². The molecule has 2 saturated heterocycles. The van der Waals surface area contributed by atoms with Crippen LogP contribution in [0, 0.1) is 0 Å². The van der Waals surface area contributed by atoms with E-state index in [-0.39, 0.29) is 6.10 Å². The summed E-state index contributed by atoms with van der Waals surface area (Å²) in [6.45, 7) is 0.528. The Balaban J connectivity index is 1.17. The quantitative estimate of drug-likeness (QED) is 0.454. The van der Waals surface area contributed by atoms with Crippen LogP contribution in [0.3, 0.4) is 0 Å². The number of carbonyl (C=O) groups excluding carboxylic acids is 1. The van der Waals surface area contributed by atoms with E-state index >= 15 is 0 Å². The van der Waals surface area contributed by atoms with Gasteiger partial charge in [-0.05, 0) is 50.7 Å². The number of hydrogen-bond acceptors (Lipinski definition) is 7. The molecule has 3 aromatic rings. The Morgan fingerprint density at radius 1 is 1.03 bits per heavy atom. The summed E-state index contributed by atoms with van der Waals surface area (Å²) >= 11 is 0. The minimum atomic E-state index is -0.401. The molecule has 0 N–H and O–H groups in total. The van der Waals surface area contributed by atoms with Crippen LogP contribution in [0.15, 0.2) is 53.1 Å². The zero-order valence-electron chi connectivity index (χ0n) is 19.4. The highest BCUT2D eigenvalue weighted by molar-refractivity contribution is 5.87. The lowest BCUT2D eigenvalue weighted by atomic mass is 9.99. The molecule has 1 aliphatic carbocycles. The first-order valence-electron chi connectivity index (χ1n) is 12.2. The van der Waals surface area contributed by atoms with E-state index in [9.17, 15) is 4.79 Å².